The Morgan fingerprint density at radius 2 is 1.32 bits per heavy atom. The molecule has 0 rings (SSSR count). The summed E-state index contributed by atoms with van der Waals surface area (Å²) in [4.78, 5) is 0. The standard InChI is InChI=1S/C17H33N.BrH/c1-4-7-8-9-10-11-12-13-16-18-17(14-5-2)15-6-3;/h5-6,17-18H,2-4,7-16H2,1H3;1H. The second-order valence-electron chi connectivity index (χ2n) is 5.17. The maximum absolute atomic E-state index is 3.80. The second kappa shape index (κ2) is 17.9. The molecule has 114 valence electrons. The van der Waals surface area contributed by atoms with Crippen molar-refractivity contribution >= 4 is 17.0 Å². The van der Waals surface area contributed by atoms with Gasteiger partial charge in [-0.2, -0.15) is 0 Å². The van der Waals surface area contributed by atoms with Gasteiger partial charge in [0.2, 0.25) is 0 Å². The molecular weight excluding hydrogens is 298 g/mol. The van der Waals surface area contributed by atoms with Crippen LogP contribution in [-0.2, 0) is 0 Å². The highest BCUT2D eigenvalue weighted by Crippen LogP contribution is 2.08. The third-order valence-electron chi connectivity index (χ3n) is 3.37. The van der Waals surface area contributed by atoms with E-state index in [-0.39, 0.29) is 17.0 Å². The summed E-state index contributed by atoms with van der Waals surface area (Å²) < 4.78 is 0. The highest BCUT2D eigenvalue weighted by atomic mass is 79.9. The lowest BCUT2D eigenvalue weighted by Gasteiger charge is -2.14. The van der Waals surface area contributed by atoms with E-state index in [2.05, 4.69) is 25.4 Å². The highest BCUT2D eigenvalue weighted by molar-refractivity contribution is 8.93. The summed E-state index contributed by atoms with van der Waals surface area (Å²) >= 11 is 0. The molecule has 0 heterocycles. The van der Waals surface area contributed by atoms with E-state index in [1.165, 1.54) is 51.4 Å². The summed E-state index contributed by atoms with van der Waals surface area (Å²) in [5.74, 6) is 0. The zero-order valence-corrected chi connectivity index (χ0v) is 14.5. The molecule has 0 aliphatic carbocycles. The third-order valence-corrected chi connectivity index (χ3v) is 3.37. The van der Waals surface area contributed by atoms with Crippen LogP contribution < -0.4 is 5.32 Å². The second-order valence-corrected chi connectivity index (χ2v) is 5.17. The maximum Gasteiger partial charge on any atom is 0.0136 e. The normalized spacial score (nSPS) is 10.2. The van der Waals surface area contributed by atoms with E-state index in [0.29, 0.717) is 6.04 Å². The minimum atomic E-state index is 0. The fraction of sp³-hybridized carbons (Fsp3) is 0.765. The Morgan fingerprint density at radius 3 is 1.79 bits per heavy atom. The van der Waals surface area contributed by atoms with Crippen LogP contribution in [0.2, 0.25) is 0 Å². The van der Waals surface area contributed by atoms with Gasteiger partial charge in [-0.25, -0.2) is 0 Å². The molecule has 0 saturated heterocycles. The van der Waals surface area contributed by atoms with Gasteiger partial charge >= 0.3 is 0 Å². The minimum absolute atomic E-state index is 0. The summed E-state index contributed by atoms with van der Waals surface area (Å²) in [5.41, 5.74) is 0. The predicted octanol–water partition coefficient (Wildman–Crippen LogP) is 5.82. The molecule has 1 N–H and O–H groups in total. The number of nitrogens with one attached hydrogen (secondary N) is 1. The molecule has 0 saturated carbocycles. The van der Waals surface area contributed by atoms with Crippen LogP contribution in [0.25, 0.3) is 0 Å². The maximum atomic E-state index is 3.80. The van der Waals surface area contributed by atoms with Crippen LogP contribution >= 0.6 is 17.0 Å². The molecule has 19 heavy (non-hydrogen) atoms. The first-order valence-corrected chi connectivity index (χ1v) is 7.80. The Labute approximate surface area is 131 Å². The average Bonchev–Trinajstić information content (AvgIpc) is 2.37. The number of hydrogen-bond acceptors (Lipinski definition) is 1. The van der Waals surface area contributed by atoms with Crippen LogP contribution in [0.5, 0.6) is 0 Å². The molecule has 1 nitrogen and oxygen atoms in total. The molecule has 0 spiro atoms. The number of hydrogen-bond donors (Lipinski definition) is 1. The van der Waals surface area contributed by atoms with Gasteiger partial charge in [0.15, 0.2) is 0 Å². The van der Waals surface area contributed by atoms with Gasteiger partial charge in [-0.05, 0) is 25.8 Å². The Morgan fingerprint density at radius 1 is 0.842 bits per heavy atom. The predicted molar refractivity (Wildman–Crippen MR) is 94.4 cm³/mol. The quantitative estimate of drug-likeness (QED) is 0.312. The van der Waals surface area contributed by atoms with Gasteiger partial charge in [0, 0.05) is 6.04 Å². The molecule has 0 radical (unpaired) electrons. The van der Waals surface area contributed by atoms with Gasteiger partial charge in [0.25, 0.3) is 0 Å². The van der Waals surface area contributed by atoms with Crippen LogP contribution in [0.3, 0.4) is 0 Å². The van der Waals surface area contributed by atoms with Gasteiger partial charge in [-0.1, -0.05) is 64.0 Å². The largest absolute Gasteiger partial charge is 0.313 e. The van der Waals surface area contributed by atoms with Gasteiger partial charge in [-0.3, -0.25) is 0 Å². The van der Waals surface area contributed by atoms with E-state index in [1.54, 1.807) is 0 Å². The lowest BCUT2D eigenvalue weighted by molar-refractivity contribution is 0.492. The van der Waals surface area contributed by atoms with E-state index in [1.807, 2.05) is 12.2 Å². The van der Waals surface area contributed by atoms with E-state index in [0.717, 1.165) is 19.4 Å². The van der Waals surface area contributed by atoms with E-state index in [4.69, 9.17) is 0 Å². The monoisotopic (exact) mass is 331 g/mol. The van der Waals surface area contributed by atoms with Gasteiger partial charge in [0.1, 0.15) is 0 Å². The van der Waals surface area contributed by atoms with Crippen molar-refractivity contribution in [1.29, 1.82) is 0 Å². The van der Waals surface area contributed by atoms with Crippen molar-refractivity contribution in [2.75, 3.05) is 6.54 Å². The molecule has 0 bridgehead atoms. The number of unbranched alkanes of at least 4 members (excludes halogenated alkanes) is 7. The van der Waals surface area contributed by atoms with Crippen molar-refractivity contribution in [3.05, 3.63) is 25.3 Å². The van der Waals surface area contributed by atoms with Crippen molar-refractivity contribution in [2.24, 2.45) is 0 Å². The molecule has 0 unspecified atom stereocenters. The van der Waals surface area contributed by atoms with Crippen LogP contribution in [0.4, 0.5) is 0 Å². The fourth-order valence-electron chi connectivity index (χ4n) is 2.23. The first-order chi connectivity index (χ1) is 8.85. The Bertz CT molecular complexity index is 182. The smallest absolute Gasteiger partial charge is 0.0136 e. The van der Waals surface area contributed by atoms with Crippen molar-refractivity contribution in [3.8, 4) is 0 Å². The molecule has 0 aromatic carbocycles. The lowest BCUT2D eigenvalue weighted by Crippen LogP contribution is -2.28. The van der Waals surface area contributed by atoms with Crippen molar-refractivity contribution in [2.45, 2.75) is 77.2 Å². The zero-order chi connectivity index (χ0) is 13.5. The summed E-state index contributed by atoms with van der Waals surface area (Å²) in [6, 6.07) is 0.546. The molecule has 0 aliphatic heterocycles. The average molecular weight is 332 g/mol. The summed E-state index contributed by atoms with van der Waals surface area (Å²) in [7, 11) is 0. The summed E-state index contributed by atoms with van der Waals surface area (Å²) in [6.45, 7) is 11.0. The zero-order valence-electron chi connectivity index (χ0n) is 12.8. The van der Waals surface area contributed by atoms with E-state index in [9.17, 15) is 0 Å². The SMILES string of the molecule is Br.C=CCC(CC=C)NCCCCCCCCCC. The minimum Gasteiger partial charge on any atom is -0.313 e. The molecule has 0 amide bonds. The van der Waals surface area contributed by atoms with E-state index < -0.39 is 0 Å². The Hall–Kier alpha value is -0.0800. The van der Waals surface area contributed by atoms with Crippen LogP contribution in [0.1, 0.15) is 71.1 Å². The van der Waals surface area contributed by atoms with Crippen molar-refractivity contribution in [3.63, 3.8) is 0 Å². The van der Waals surface area contributed by atoms with Crippen molar-refractivity contribution < 1.29 is 0 Å². The van der Waals surface area contributed by atoms with Crippen LogP contribution in [0.15, 0.2) is 25.3 Å². The molecule has 0 aromatic heterocycles. The van der Waals surface area contributed by atoms with Gasteiger partial charge in [0.05, 0.1) is 0 Å². The fourth-order valence-corrected chi connectivity index (χ4v) is 2.23. The molecule has 0 aliphatic rings. The summed E-state index contributed by atoms with van der Waals surface area (Å²) in [6.07, 6.45) is 17.2. The van der Waals surface area contributed by atoms with E-state index >= 15 is 0 Å². The first kappa shape index (κ1) is 21.2. The van der Waals surface area contributed by atoms with Gasteiger partial charge < -0.3 is 5.32 Å². The molecule has 0 fully saturated rings. The van der Waals surface area contributed by atoms with Crippen LogP contribution in [-0.4, -0.2) is 12.6 Å². The number of halogens is 1. The van der Waals surface area contributed by atoms with Crippen molar-refractivity contribution in [1.82, 2.24) is 5.32 Å². The first-order valence-electron chi connectivity index (χ1n) is 7.80. The molecular formula is C17H34BrN. The summed E-state index contributed by atoms with van der Waals surface area (Å²) in [5, 5.41) is 3.59. The third kappa shape index (κ3) is 15.9. The Kier molecular flexibility index (Phi) is 20.0. The lowest BCUT2D eigenvalue weighted by atomic mass is 10.1. The topological polar surface area (TPSA) is 12.0 Å². The number of rotatable bonds is 14. The molecule has 0 aromatic rings. The Balaban J connectivity index is 0. The highest BCUT2D eigenvalue weighted by Gasteiger charge is 2.02. The van der Waals surface area contributed by atoms with Gasteiger partial charge in [-0.15, -0.1) is 30.1 Å². The molecule has 2 heteroatoms. The molecule has 0 atom stereocenters. The van der Waals surface area contributed by atoms with Crippen LogP contribution in [0, 0.1) is 0 Å².